The van der Waals surface area contributed by atoms with Crippen LogP contribution in [0.3, 0.4) is 0 Å². The minimum absolute atomic E-state index is 1.09. The number of hydrogen-bond acceptors (Lipinski definition) is 0. The van der Waals surface area contributed by atoms with Crippen LogP contribution in [-0.2, 0) is 0 Å². The first-order valence-electron chi connectivity index (χ1n) is 3.56. The third kappa shape index (κ3) is 2.06. The summed E-state index contributed by atoms with van der Waals surface area (Å²) >= 11 is 0. The molecule has 1 radical (unpaired) electrons. The molecule has 0 heterocycles. The Labute approximate surface area is 62.2 Å². The third-order valence-electron chi connectivity index (χ3n) is 1.27. The van der Waals surface area contributed by atoms with Crippen molar-refractivity contribution in [2.45, 2.75) is 13.3 Å². The van der Waals surface area contributed by atoms with Crippen molar-refractivity contribution in [2.75, 3.05) is 0 Å². The van der Waals surface area contributed by atoms with E-state index in [9.17, 15) is 0 Å². The van der Waals surface area contributed by atoms with E-state index in [1.807, 2.05) is 24.3 Å². The first kappa shape index (κ1) is 7.07. The Morgan fingerprint density at radius 3 is 3.00 bits per heavy atom. The zero-order chi connectivity index (χ0) is 7.23. The van der Waals surface area contributed by atoms with Gasteiger partial charge in [-0.15, -0.1) is 0 Å². The molecular weight excluding hydrogens is 120 g/mol. The van der Waals surface area contributed by atoms with Crippen LogP contribution in [0.4, 0.5) is 0 Å². The molecule has 0 aromatic heterocycles. The summed E-state index contributed by atoms with van der Waals surface area (Å²) in [6.07, 6.45) is 5.30. The van der Waals surface area contributed by atoms with Gasteiger partial charge in [0.1, 0.15) is 0 Å². The Bertz CT molecular complexity index is 197. The molecule has 1 aromatic carbocycles. The van der Waals surface area contributed by atoms with Gasteiger partial charge in [-0.1, -0.05) is 43.3 Å². The predicted molar refractivity (Wildman–Crippen MR) is 44.6 cm³/mol. The van der Waals surface area contributed by atoms with Crippen molar-refractivity contribution >= 4 is 6.08 Å². The van der Waals surface area contributed by atoms with E-state index in [0.717, 1.165) is 12.0 Å². The lowest BCUT2D eigenvalue weighted by atomic mass is 10.2. The molecule has 0 saturated heterocycles. The van der Waals surface area contributed by atoms with Gasteiger partial charge in [0.25, 0.3) is 0 Å². The molecule has 1 rings (SSSR count). The van der Waals surface area contributed by atoms with E-state index >= 15 is 0 Å². The summed E-state index contributed by atoms with van der Waals surface area (Å²) in [5.41, 5.74) is 1.16. The second-order valence-electron chi connectivity index (χ2n) is 2.13. The topological polar surface area (TPSA) is 0 Å². The van der Waals surface area contributed by atoms with Crippen molar-refractivity contribution in [1.29, 1.82) is 0 Å². The van der Waals surface area contributed by atoms with Crippen molar-refractivity contribution in [3.63, 3.8) is 0 Å². The van der Waals surface area contributed by atoms with Crippen LogP contribution in [0.2, 0.25) is 0 Å². The second kappa shape index (κ2) is 3.89. The van der Waals surface area contributed by atoms with Crippen LogP contribution >= 0.6 is 0 Å². The third-order valence-corrected chi connectivity index (χ3v) is 1.27. The average Bonchev–Trinajstić information content (AvgIpc) is 2.03. The van der Waals surface area contributed by atoms with Gasteiger partial charge in [0, 0.05) is 0 Å². The fourth-order valence-electron chi connectivity index (χ4n) is 0.756. The average molecular weight is 131 g/mol. The summed E-state index contributed by atoms with van der Waals surface area (Å²) in [6, 6.07) is 11.1. The Kier molecular flexibility index (Phi) is 2.75. The largest absolute Gasteiger partial charge is 0.0842 e. The molecule has 0 fully saturated rings. The molecule has 0 heteroatoms. The molecule has 0 bridgehead atoms. The summed E-state index contributed by atoms with van der Waals surface area (Å²) in [5, 5.41) is 0. The Balaban J connectivity index is 2.67. The molecule has 0 aliphatic rings. The van der Waals surface area contributed by atoms with Crippen molar-refractivity contribution < 1.29 is 0 Å². The monoisotopic (exact) mass is 131 g/mol. The SMILES string of the molecule is CCC=Cc1[c]cccc1. The summed E-state index contributed by atoms with van der Waals surface area (Å²) in [6.45, 7) is 2.12. The molecule has 0 unspecified atom stereocenters. The highest BCUT2D eigenvalue weighted by Gasteiger charge is 1.79. The first-order valence-corrected chi connectivity index (χ1v) is 3.56. The molecule has 0 spiro atoms. The lowest BCUT2D eigenvalue weighted by Gasteiger charge is -1.87. The molecule has 0 saturated carbocycles. The van der Waals surface area contributed by atoms with Crippen molar-refractivity contribution in [3.05, 3.63) is 42.0 Å². The van der Waals surface area contributed by atoms with Crippen molar-refractivity contribution in [1.82, 2.24) is 0 Å². The predicted octanol–water partition coefficient (Wildman–Crippen LogP) is 2.91. The molecule has 51 valence electrons. The Morgan fingerprint density at radius 2 is 2.40 bits per heavy atom. The standard InChI is InChI=1S/C10H11/c1-2-3-7-10-8-5-4-6-9-10/h3-8H,2H2,1H3. The van der Waals surface area contributed by atoms with E-state index in [0.29, 0.717) is 0 Å². The highest BCUT2D eigenvalue weighted by atomic mass is 13.8. The number of hydrogen-bond donors (Lipinski definition) is 0. The molecule has 0 N–H and O–H groups in total. The van der Waals surface area contributed by atoms with Gasteiger partial charge in [0.2, 0.25) is 0 Å². The van der Waals surface area contributed by atoms with Gasteiger partial charge in [-0.25, -0.2) is 0 Å². The zero-order valence-corrected chi connectivity index (χ0v) is 6.17. The molecule has 0 aliphatic carbocycles. The van der Waals surface area contributed by atoms with Gasteiger partial charge in [-0.05, 0) is 18.1 Å². The van der Waals surface area contributed by atoms with Crippen molar-refractivity contribution in [2.24, 2.45) is 0 Å². The maximum atomic E-state index is 3.12. The van der Waals surface area contributed by atoms with Crippen LogP contribution in [-0.4, -0.2) is 0 Å². The van der Waals surface area contributed by atoms with Gasteiger partial charge >= 0.3 is 0 Å². The normalized spacial score (nSPS) is 10.5. The van der Waals surface area contributed by atoms with E-state index in [1.165, 1.54) is 0 Å². The van der Waals surface area contributed by atoms with E-state index < -0.39 is 0 Å². The molecule has 0 nitrogen and oxygen atoms in total. The summed E-state index contributed by atoms with van der Waals surface area (Å²) in [5.74, 6) is 0. The Hall–Kier alpha value is -1.04. The minimum atomic E-state index is 1.09. The van der Waals surface area contributed by atoms with E-state index in [1.54, 1.807) is 0 Å². The highest BCUT2D eigenvalue weighted by molar-refractivity contribution is 5.47. The van der Waals surface area contributed by atoms with Gasteiger partial charge in [0.15, 0.2) is 0 Å². The summed E-state index contributed by atoms with van der Waals surface area (Å²) in [4.78, 5) is 0. The second-order valence-corrected chi connectivity index (χ2v) is 2.13. The summed E-state index contributed by atoms with van der Waals surface area (Å²) < 4.78 is 0. The van der Waals surface area contributed by atoms with Gasteiger partial charge in [-0.2, -0.15) is 0 Å². The van der Waals surface area contributed by atoms with E-state index in [2.05, 4.69) is 25.1 Å². The first-order chi connectivity index (χ1) is 4.93. The van der Waals surface area contributed by atoms with Crippen molar-refractivity contribution in [3.8, 4) is 0 Å². The fourth-order valence-corrected chi connectivity index (χ4v) is 0.756. The Morgan fingerprint density at radius 1 is 1.50 bits per heavy atom. The lowest BCUT2D eigenvalue weighted by Crippen LogP contribution is -1.67. The van der Waals surface area contributed by atoms with Crippen LogP contribution in [0, 0.1) is 6.07 Å². The van der Waals surface area contributed by atoms with Crippen LogP contribution in [0.5, 0.6) is 0 Å². The molecule has 0 atom stereocenters. The fraction of sp³-hybridized carbons (Fsp3) is 0.200. The maximum Gasteiger partial charge on any atom is -0.0106 e. The quantitative estimate of drug-likeness (QED) is 0.579. The molecule has 0 aliphatic heterocycles. The van der Waals surface area contributed by atoms with Gasteiger partial charge in [0.05, 0.1) is 0 Å². The molecule has 10 heavy (non-hydrogen) atoms. The number of rotatable bonds is 2. The van der Waals surface area contributed by atoms with Crippen LogP contribution < -0.4 is 0 Å². The minimum Gasteiger partial charge on any atom is -0.0842 e. The van der Waals surface area contributed by atoms with E-state index in [4.69, 9.17) is 0 Å². The van der Waals surface area contributed by atoms with Crippen LogP contribution in [0.1, 0.15) is 18.9 Å². The van der Waals surface area contributed by atoms with Crippen LogP contribution in [0.15, 0.2) is 30.3 Å². The molecule has 1 aromatic rings. The highest BCUT2D eigenvalue weighted by Crippen LogP contribution is 1.99. The van der Waals surface area contributed by atoms with Gasteiger partial charge in [-0.3, -0.25) is 0 Å². The zero-order valence-electron chi connectivity index (χ0n) is 6.17. The number of allylic oxidation sites excluding steroid dienone is 1. The van der Waals surface area contributed by atoms with Crippen LogP contribution in [0.25, 0.3) is 6.08 Å². The maximum absolute atomic E-state index is 3.12. The lowest BCUT2D eigenvalue weighted by molar-refractivity contribution is 1.23. The smallest absolute Gasteiger partial charge is 0.0106 e. The number of benzene rings is 1. The molecular formula is C10H11. The summed E-state index contributed by atoms with van der Waals surface area (Å²) in [7, 11) is 0. The molecule has 0 amide bonds. The van der Waals surface area contributed by atoms with Gasteiger partial charge < -0.3 is 0 Å². The van der Waals surface area contributed by atoms with E-state index in [-0.39, 0.29) is 0 Å².